The van der Waals surface area contributed by atoms with Gasteiger partial charge in [-0.1, -0.05) is 22.6 Å². The van der Waals surface area contributed by atoms with Crippen LogP contribution < -0.4 is 10.9 Å². The molecule has 0 aromatic rings. The Morgan fingerprint density at radius 3 is 2.43 bits per heavy atom. The standard InChI is InChI=1S/C3H7IN2.ClH/c4-3-1-2-5-6-3;/h3,5-6H,1-2H2;1H. The number of hydrogen-bond acceptors (Lipinski definition) is 2. The first-order valence-electron chi connectivity index (χ1n) is 2.02. The van der Waals surface area contributed by atoms with Crippen molar-refractivity contribution in [3.05, 3.63) is 0 Å². The maximum atomic E-state index is 3.06. The molecular weight excluding hydrogens is 226 g/mol. The van der Waals surface area contributed by atoms with Crippen LogP contribution >= 0.6 is 35.0 Å². The monoisotopic (exact) mass is 234 g/mol. The van der Waals surface area contributed by atoms with Gasteiger partial charge in [0.25, 0.3) is 0 Å². The summed E-state index contributed by atoms with van der Waals surface area (Å²) in [5.41, 5.74) is 6.07. The van der Waals surface area contributed by atoms with Crippen molar-refractivity contribution in [2.24, 2.45) is 0 Å². The number of halogens is 2. The van der Waals surface area contributed by atoms with Gasteiger partial charge in [0.1, 0.15) is 0 Å². The third kappa shape index (κ3) is 2.69. The van der Waals surface area contributed by atoms with Gasteiger partial charge in [-0.25, -0.2) is 5.43 Å². The van der Waals surface area contributed by atoms with Crippen molar-refractivity contribution in [1.29, 1.82) is 0 Å². The van der Waals surface area contributed by atoms with E-state index < -0.39 is 0 Å². The van der Waals surface area contributed by atoms with Gasteiger partial charge in [-0.05, 0) is 6.42 Å². The third-order valence-electron chi connectivity index (χ3n) is 0.781. The van der Waals surface area contributed by atoms with Gasteiger partial charge in [0.05, 0.1) is 4.05 Å². The Morgan fingerprint density at radius 1 is 1.57 bits per heavy atom. The van der Waals surface area contributed by atoms with Crippen LogP contribution in [-0.4, -0.2) is 10.6 Å². The molecule has 4 heteroatoms. The maximum Gasteiger partial charge on any atom is 0.0739 e. The predicted molar refractivity (Wildman–Crippen MR) is 40.8 cm³/mol. The van der Waals surface area contributed by atoms with Crippen LogP contribution in [0.5, 0.6) is 0 Å². The van der Waals surface area contributed by atoms with Gasteiger partial charge in [-0.3, -0.25) is 5.43 Å². The van der Waals surface area contributed by atoms with E-state index in [0.29, 0.717) is 4.05 Å². The smallest absolute Gasteiger partial charge is 0.0739 e. The zero-order valence-corrected chi connectivity index (χ0v) is 6.75. The van der Waals surface area contributed by atoms with E-state index in [0.717, 1.165) is 6.54 Å². The summed E-state index contributed by atoms with van der Waals surface area (Å²) < 4.78 is 0.655. The highest BCUT2D eigenvalue weighted by molar-refractivity contribution is 14.1. The fraction of sp³-hybridized carbons (Fsp3) is 1.00. The fourth-order valence-corrected chi connectivity index (χ4v) is 0.986. The number of rotatable bonds is 0. The molecular formula is C3H8ClIN2. The molecule has 1 heterocycles. The summed E-state index contributed by atoms with van der Waals surface area (Å²) in [5, 5.41) is 0. The third-order valence-corrected chi connectivity index (χ3v) is 1.72. The molecule has 0 aromatic heterocycles. The zero-order valence-electron chi connectivity index (χ0n) is 3.78. The van der Waals surface area contributed by atoms with Gasteiger partial charge >= 0.3 is 0 Å². The van der Waals surface area contributed by atoms with E-state index in [9.17, 15) is 0 Å². The summed E-state index contributed by atoms with van der Waals surface area (Å²) in [6.07, 6.45) is 1.25. The van der Waals surface area contributed by atoms with Gasteiger partial charge in [0.15, 0.2) is 0 Å². The SMILES string of the molecule is Cl.IC1CCNN1. The highest BCUT2D eigenvalue weighted by Crippen LogP contribution is 2.02. The minimum atomic E-state index is 0. The Balaban J connectivity index is 0.000000360. The molecule has 1 aliphatic rings. The lowest BCUT2D eigenvalue weighted by Gasteiger charge is -1.92. The van der Waals surface area contributed by atoms with Crippen LogP contribution in [-0.2, 0) is 0 Å². The van der Waals surface area contributed by atoms with Gasteiger partial charge in [0.2, 0.25) is 0 Å². The van der Waals surface area contributed by atoms with E-state index in [2.05, 4.69) is 33.4 Å². The summed E-state index contributed by atoms with van der Waals surface area (Å²) in [5.74, 6) is 0. The molecule has 44 valence electrons. The van der Waals surface area contributed by atoms with Crippen molar-refractivity contribution in [2.45, 2.75) is 10.5 Å². The second-order valence-corrected chi connectivity index (χ2v) is 2.83. The molecule has 1 atom stereocenters. The molecule has 0 bridgehead atoms. The van der Waals surface area contributed by atoms with Crippen molar-refractivity contribution in [1.82, 2.24) is 10.9 Å². The van der Waals surface area contributed by atoms with E-state index >= 15 is 0 Å². The number of hydrogen-bond donors (Lipinski definition) is 2. The minimum Gasteiger partial charge on any atom is -0.257 e. The first-order chi connectivity index (χ1) is 2.89. The topological polar surface area (TPSA) is 24.1 Å². The van der Waals surface area contributed by atoms with Crippen LogP contribution in [0.25, 0.3) is 0 Å². The first kappa shape index (κ1) is 7.94. The van der Waals surface area contributed by atoms with Crippen molar-refractivity contribution >= 4 is 35.0 Å². The van der Waals surface area contributed by atoms with Crippen LogP contribution in [0, 0.1) is 0 Å². The largest absolute Gasteiger partial charge is 0.257 e. The van der Waals surface area contributed by atoms with Gasteiger partial charge in [-0.2, -0.15) is 0 Å². The van der Waals surface area contributed by atoms with Crippen molar-refractivity contribution < 1.29 is 0 Å². The summed E-state index contributed by atoms with van der Waals surface area (Å²) >= 11 is 2.36. The molecule has 2 nitrogen and oxygen atoms in total. The summed E-state index contributed by atoms with van der Waals surface area (Å²) in [7, 11) is 0. The van der Waals surface area contributed by atoms with Crippen LogP contribution in [0.1, 0.15) is 6.42 Å². The fourth-order valence-electron chi connectivity index (χ4n) is 0.454. The Labute approximate surface area is 62.9 Å². The number of hydrazine groups is 1. The van der Waals surface area contributed by atoms with E-state index in [-0.39, 0.29) is 12.4 Å². The van der Waals surface area contributed by atoms with E-state index in [4.69, 9.17) is 0 Å². The lowest BCUT2D eigenvalue weighted by Crippen LogP contribution is -2.25. The first-order valence-corrected chi connectivity index (χ1v) is 3.26. The predicted octanol–water partition coefficient (Wildman–Crippen LogP) is 0.667. The molecule has 1 rings (SSSR count). The molecule has 0 radical (unpaired) electrons. The highest BCUT2D eigenvalue weighted by atomic mass is 127. The second kappa shape index (κ2) is 3.88. The van der Waals surface area contributed by atoms with E-state index in [1.54, 1.807) is 0 Å². The van der Waals surface area contributed by atoms with Crippen molar-refractivity contribution in [3.8, 4) is 0 Å². The molecule has 1 aliphatic heterocycles. The van der Waals surface area contributed by atoms with Crippen molar-refractivity contribution in [3.63, 3.8) is 0 Å². The Morgan fingerprint density at radius 2 is 2.29 bits per heavy atom. The van der Waals surface area contributed by atoms with Gasteiger partial charge in [-0.15, -0.1) is 12.4 Å². The normalized spacial score (nSPS) is 29.6. The number of alkyl halides is 1. The summed E-state index contributed by atoms with van der Waals surface area (Å²) in [4.78, 5) is 0. The minimum absolute atomic E-state index is 0. The Kier molecular flexibility index (Phi) is 4.41. The molecule has 0 spiro atoms. The molecule has 0 aliphatic carbocycles. The molecule has 1 fully saturated rings. The lowest BCUT2D eigenvalue weighted by molar-refractivity contribution is 0.679. The van der Waals surface area contributed by atoms with Crippen LogP contribution in [0.15, 0.2) is 0 Å². The molecule has 1 saturated heterocycles. The van der Waals surface area contributed by atoms with Crippen LogP contribution in [0.3, 0.4) is 0 Å². The molecule has 0 amide bonds. The van der Waals surface area contributed by atoms with Crippen LogP contribution in [0.2, 0.25) is 0 Å². The zero-order chi connectivity index (χ0) is 4.41. The average molecular weight is 234 g/mol. The Hall–Kier alpha value is 0.940. The molecule has 2 N–H and O–H groups in total. The summed E-state index contributed by atoms with van der Waals surface area (Å²) in [6.45, 7) is 1.12. The maximum absolute atomic E-state index is 3.06. The molecule has 0 aromatic carbocycles. The van der Waals surface area contributed by atoms with Crippen LogP contribution in [0.4, 0.5) is 0 Å². The molecule has 7 heavy (non-hydrogen) atoms. The number of nitrogens with one attached hydrogen (secondary N) is 2. The quantitative estimate of drug-likeness (QED) is 0.366. The average Bonchev–Trinajstić information content (AvgIpc) is 1.86. The van der Waals surface area contributed by atoms with Crippen molar-refractivity contribution in [2.75, 3.05) is 6.54 Å². The Bertz CT molecular complexity index is 46.2. The molecule has 0 saturated carbocycles. The second-order valence-electron chi connectivity index (χ2n) is 1.33. The summed E-state index contributed by atoms with van der Waals surface area (Å²) in [6, 6.07) is 0. The van der Waals surface area contributed by atoms with E-state index in [1.165, 1.54) is 6.42 Å². The molecule has 1 unspecified atom stereocenters. The van der Waals surface area contributed by atoms with Gasteiger partial charge in [0, 0.05) is 6.54 Å². The van der Waals surface area contributed by atoms with E-state index in [1.807, 2.05) is 0 Å². The highest BCUT2D eigenvalue weighted by Gasteiger charge is 2.06. The van der Waals surface area contributed by atoms with Gasteiger partial charge < -0.3 is 0 Å². The lowest BCUT2D eigenvalue weighted by atomic mass is 10.5.